The van der Waals surface area contributed by atoms with Gasteiger partial charge in [-0.05, 0) is 62.0 Å². The van der Waals surface area contributed by atoms with Gasteiger partial charge >= 0.3 is 0 Å². The minimum Gasteiger partial charge on any atom is -0.401 e. The predicted molar refractivity (Wildman–Crippen MR) is 75.6 cm³/mol. The van der Waals surface area contributed by atoms with Gasteiger partial charge in [-0.25, -0.2) is 4.39 Å². The van der Waals surface area contributed by atoms with Crippen molar-refractivity contribution in [3.63, 3.8) is 0 Å². The standard InChI is InChI=1S/C15H18ClFN2/c16-12-4-3-11(9-13(12)17)15(5-7-19-8-6-15)14(18)10-1-2-10/h3-4,9,19H,1-2,5-8,18H2. The summed E-state index contributed by atoms with van der Waals surface area (Å²) >= 11 is 5.79. The summed E-state index contributed by atoms with van der Waals surface area (Å²) in [6, 6.07) is 5.12. The molecule has 0 atom stereocenters. The maximum atomic E-state index is 13.8. The highest BCUT2D eigenvalue weighted by molar-refractivity contribution is 6.30. The molecule has 1 aromatic rings. The van der Waals surface area contributed by atoms with Crippen molar-refractivity contribution in [3.8, 4) is 0 Å². The fourth-order valence-electron chi connectivity index (χ4n) is 3.03. The summed E-state index contributed by atoms with van der Waals surface area (Å²) < 4.78 is 13.8. The van der Waals surface area contributed by atoms with Crippen molar-refractivity contribution >= 4 is 11.6 Å². The first-order valence-corrected chi connectivity index (χ1v) is 7.15. The molecule has 2 fully saturated rings. The van der Waals surface area contributed by atoms with Crippen molar-refractivity contribution in [1.82, 2.24) is 5.32 Å². The van der Waals surface area contributed by atoms with E-state index in [4.69, 9.17) is 17.3 Å². The zero-order chi connectivity index (χ0) is 13.5. The zero-order valence-electron chi connectivity index (χ0n) is 10.8. The van der Waals surface area contributed by atoms with Gasteiger partial charge in [-0.3, -0.25) is 0 Å². The molecule has 0 aromatic heterocycles. The van der Waals surface area contributed by atoms with Gasteiger partial charge in [-0.2, -0.15) is 0 Å². The summed E-state index contributed by atoms with van der Waals surface area (Å²) in [5, 5.41) is 3.52. The lowest BCUT2D eigenvalue weighted by Gasteiger charge is -2.39. The van der Waals surface area contributed by atoms with Crippen LogP contribution in [0.4, 0.5) is 4.39 Å². The molecule has 1 aromatic carbocycles. The Morgan fingerprint density at radius 1 is 1.26 bits per heavy atom. The normalized spacial score (nSPS) is 21.3. The topological polar surface area (TPSA) is 38.0 Å². The van der Waals surface area contributed by atoms with E-state index in [1.165, 1.54) is 5.57 Å². The monoisotopic (exact) mass is 280 g/mol. The van der Waals surface area contributed by atoms with Crippen molar-refractivity contribution in [2.45, 2.75) is 31.1 Å². The number of nitrogens with one attached hydrogen (secondary N) is 1. The third kappa shape index (κ3) is 2.26. The molecule has 4 heteroatoms. The zero-order valence-corrected chi connectivity index (χ0v) is 11.6. The fraction of sp³-hybridized carbons (Fsp3) is 0.467. The summed E-state index contributed by atoms with van der Waals surface area (Å²) in [6.07, 6.45) is 4.03. The molecular formula is C15H18ClFN2. The van der Waals surface area contributed by atoms with Crippen molar-refractivity contribution < 1.29 is 4.39 Å². The Hall–Kier alpha value is -1.06. The van der Waals surface area contributed by atoms with Crippen molar-refractivity contribution in [2.75, 3.05) is 13.1 Å². The van der Waals surface area contributed by atoms with Crippen LogP contribution in [0.5, 0.6) is 0 Å². The van der Waals surface area contributed by atoms with E-state index in [1.54, 1.807) is 12.1 Å². The highest BCUT2D eigenvalue weighted by Gasteiger charge is 2.39. The van der Waals surface area contributed by atoms with E-state index in [9.17, 15) is 4.39 Å². The summed E-state index contributed by atoms with van der Waals surface area (Å²) in [4.78, 5) is 0. The van der Waals surface area contributed by atoms with Gasteiger partial charge < -0.3 is 11.1 Å². The Morgan fingerprint density at radius 3 is 2.53 bits per heavy atom. The average molecular weight is 281 g/mol. The lowest BCUT2D eigenvalue weighted by atomic mass is 9.70. The number of nitrogens with two attached hydrogens (primary N) is 1. The summed E-state index contributed by atoms with van der Waals surface area (Å²) in [5.41, 5.74) is 9.48. The molecule has 0 bridgehead atoms. The van der Waals surface area contributed by atoms with E-state index in [0.717, 1.165) is 50.0 Å². The lowest BCUT2D eigenvalue weighted by Crippen LogP contribution is -2.43. The van der Waals surface area contributed by atoms with Gasteiger partial charge in [0.15, 0.2) is 0 Å². The van der Waals surface area contributed by atoms with Crippen LogP contribution in [0.3, 0.4) is 0 Å². The quantitative estimate of drug-likeness (QED) is 0.874. The van der Waals surface area contributed by atoms with Crippen LogP contribution in [0.1, 0.15) is 31.2 Å². The largest absolute Gasteiger partial charge is 0.401 e. The van der Waals surface area contributed by atoms with Gasteiger partial charge in [-0.15, -0.1) is 0 Å². The van der Waals surface area contributed by atoms with Crippen LogP contribution in [0.2, 0.25) is 5.02 Å². The molecule has 19 heavy (non-hydrogen) atoms. The smallest absolute Gasteiger partial charge is 0.142 e. The molecule has 1 saturated carbocycles. The van der Waals surface area contributed by atoms with Crippen molar-refractivity contribution in [3.05, 3.63) is 45.9 Å². The van der Waals surface area contributed by atoms with E-state index in [0.29, 0.717) is 0 Å². The number of hydrogen-bond acceptors (Lipinski definition) is 2. The first-order valence-electron chi connectivity index (χ1n) is 6.78. The Balaban J connectivity index is 2.08. The van der Waals surface area contributed by atoms with Gasteiger partial charge in [0.25, 0.3) is 0 Å². The maximum absolute atomic E-state index is 13.8. The molecule has 2 nitrogen and oxygen atoms in total. The first-order chi connectivity index (χ1) is 9.13. The minimum absolute atomic E-state index is 0.172. The van der Waals surface area contributed by atoms with Crippen LogP contribution in [0.15, 0.2) is 29.5 Å². The summed E-state index contributed by atoms with van der Waals surface area (Å²) in [5.74, 6) is -0.356. The minimum atomic E-state index is -0.356. The van der Waals surface area contributed by atoms with Gasteiger partial charge in [-0.1, -0.05) is 17.7 Å². The Kier molecular flexibility index (Phi) is 3.27. The molecule has 0 spiro atoms. The van der Waals surface area contributed by atoms with Crippen LogP contribution in [0.25, 0.3) is 0 Å². The van der Waals surface area contributed by atoms with Crippen LogP contribution in [0, 0.1) is 5.82 Å². The first kappa shape index (κ1) is 12.9. The molecule has 1 aliphatic heterocycles. The van der Waals surface area contributed by atoms with Crippen LogP contribution >= 0.6 is 11.6 Å². The van der Waals surface area contributed by atoms with Crippen molar-refractivity contribution in [1.29, 1.82) is 0 Å². The highest BCUT2D eigenvalue weighted by Crippen LogP contribution is 2.45. The Labute approximate surface area is 117 Å². The van der Waals surface area contributed by atoms with Gasteiger partial charge in [0.1, 0.15) is 5.82 Å². The molecule has 3 rings (SSSR count). The molecule has 1 saturated heterocycles. The molecule has 3 N–H and O–H groups in total. The van der Waals surface area contributed by atoms with E-state index >= 15 is 0 Å². The Morgan fingerprint density at radius 2 is 1.95 bits per heavy atom. The molecule has 1 heterocycles. The number of allylic oxidation sites excluding steroid dienone is 2. The second-order valence-corrected chi connectivity index (χ2v) is 5.89. The second-order valence-electron chi connectivity index (χ2n) is 5.48. The van der Waals surface area contributed by atoms with E-state index in [1.807, 2.05) is 6.07 Å². The second kappa shape index (κ2) is 4.80. The number of rotatable bonds is 2. The molecule has 2 aliphatic rings. The molecule has 0 unspecified atom stereocenters. The van der Waals surface area contributed by atoms with Gasteiger partial charge in [0, 0.05) is 11.1 Å². The maximum Gasteiger partial charge on any atom is 0.142 e. The number of hydrogen-bond donors (Lipinski definition) is 2. The predicted octanol–water partition coefficient (Wildman–Crippen LogP) is 3.11. The SMILES string of the molecule is NC(=C1CC1)C1(c2ccc(Cl)c(F)c2)CCNCC1. The summed E-state index contributed by atoms with van der Waals surface area (Å²) in [7, 11) is 0. The lowest BCUT2D eigenvalue weighted by molar-refractivity contribution is 0.350. The number of piperidine rings is 1. The average Bonchev–Trinajstić information content (AvgIpc) is 3.26. The van der Waals surface area contributed by atoms with Gasteiger partial charge in [0.2, 0.25) is 0 Å². The molecule has 0 amide bonds. The number of halogens is 2. The molecule has 102 valence electrons. The molecular weight excluding hydrogens is 263 g/mol. The van der Waals surface area contributed by atoms with E-state index in [-0.39, 0.29) is 16.3 Å². The van der Waals surface area contributed by atoms with Crippen LogP contribution < -0.4 is 11.1 Å². The summed E-state index contributed by atoms with van der Waals surface area (Å²) in [6.45, 7) is 1.83. The Bertz CT molecular complexity index is 527. The molecule has 0 radical (unpaired) electrons. The van der Waals surface area contributed by atoms with Crippen LogP contribution in [-0.4, -0.2) is 13.1 Å². The molecule has 1 aliphatic carbocycles. The third-order valence-electron chi connectivity index (χ3n) is 4.33. The van der Waals surface area contributed by atoms with Gasteiger partial charge in [0.05, 0.1) is 5.02 Å². The fourth-order valence-corrected chi connectivity index (χ4v) is 3.15. The third-order valence-corrected chi connectivity index (χ3v) is 4.63. The van der Waals surface area contributed by atoms with E-state index in [2.05, 4.69) is 5.32 Å². The van der Waals surface area contributed by atoms with Crippen LogP contribution in [-0.2, 0) is 5.41 Å². The number of benzene rings is 1. The highest BCUT2D eigenvalue weighted by atomic mass is 35.5. The van der Waals surface area contributed by atoms with E-state index < -0.39 is 0 Å². The van der Waals surface area contributed by atoms with Crippen molar-refractivity contribution in [2.24, 2.45) is 5.73 Å².